The van der Waals surface area contributed by atoms with E-state index in [0.717, 1.165) is 12.3 Å². The van der Waals surface area contributed by atoms with E-state index in [4.69, 9.17) is 4.74 Å². The van der Waals surface area contributed by atoms with Gasteiger partial charge in [0.15, 0.2) is 0 Å². The zero-order valence-corrected chi connectivity index (χ0v) is 12.5. The molecule has 2 aromatic carbocycles. The second kappa shape index (κ2) is 7.11. The molecule has 0 saturated carbocycles. The van der Waals surface area contributed by atoms with E-state index >= 15 is 0 Å². The number of methoxy groups -OCH3 is 1. The van der Waals surface area contributed by atoms with E-state index in [1.807, 2.05) is 12.1 Å². The van der Waals surface area contributed by atoms with Gasteiger partial charge < -0.3 is 10.1 Å². The van der Waals surface area contributed by atoms with Crippen molar-refractivity contribution in [3.63, 3.8) is 0 Å². The van der Waals surface area contributed by atoms with Gasteiger partial charge in [-0.2, -0.15) is 0 Å². The van der Waals surface area contributed by atoms with Gasteiger partial charge in [0, 0.05) is 12.6 Å². The summed E-state index contributed by atoms with van der Waals surface area (Å²) in [6.45, 7) is 5.42. The Kier molecular flexibility index (Phi) is 5.19. The van der Waals surface area contributed by atoms with Gasteiger partial charge in [-0.15, -0.1) is 0 Å². The first kappa shape index (κ1) is 14.6. The van der Waals surface area contributed by atoms with Crippen LogP contribution < -0.4 is 10.1 Å². The molecule has 0 aliphatic carbocycles. The molecule has 2 unspecified atom stereocenters. The molecule has 0 aromatic heterocycles. The Bertz CT molecular complexity index is 507. The summed E-state index contributed by atoms with van der Waals surface area (Å²) >= 11 is 0. The topological polar surface area (TPSA) is 21.3 Å². The van der Waals surface area contributed by atoms with Crippen molar-refractivity contribution in [2.45, 2.75) is 25.8 Å². The summed E-state index contributed by atoms with van der Waals surface area (Å²) in [7, 11) is 1.69. The van der Waals surface area contributed by atoms with Crippen LogP contribution in [0.2, 0.25) is 0 Å². The third kappa shape index (κ3) is 3.84. The van der Waals surface area contributed by atoms with Crippen molar-refractivity contribution in [1.82, 2.24) is 5.32 Å². The van der Waals surface area contributed by atoms with Crippen LogP contribution in [0, 0.1) is 0 Å². The maximum Gasteiger partial charge on any atom is 0.118 e. The summed E-state index contributed by atoms with van der Waals surface area (Å²) in [6, 6.07) is 19.2. The van der Waals surface area contributed by atoms with Gasteiger partial charge >= 0.3 is 0 Å². The van der Waals surface area contributed by atoms with Crippen LogP contribution in [0.5, 0.6) is 5.75 Å². The van der Waals surface area contributed by atoms with E-state index < -0.39 is 0 Å². The first-order chi connectivity index (χ1) is 9.70. The summed E-state index contributed by atoms with van der Waals surface area (Å²) in [5.74, 6) is 1.41. The lowest BCUT2D eigenvalue weighted by molar-refractivity contribution is 0.414. The van der Waals surface area contributed by atoms with E-state index in [1.54, 1.807) is 7.11 Å². The van der Waals surface area contributed by atoms with Gasteiger partial charge in [-0.1, -0.05) is 49.4 Å². The van der Waals surface area contributed by atoms with Crippen LogP contribution in [0.15, 0.2) is 54.6 Å². The van der Waals surface area contributed by atoms with Crippen molar-refractivity contribution < 1.29 is 4.74 Å². The van der Waals surface area contributed by atoms with Crippen LogP contribution in [-0.4, -0.2) is 13.7 Å². The maximum atomic E-state index is 5.18. The average Bonchev–Trinajstić information content (AvgIpc) is 2.53. The summed E-state index contributed by atoms with van der Waals surface area (Å²) < 4.78 is 5.18. The van der Waals surface area contributed by atoms with E-state index in [1.165, 1.54) is 11.1 Å². The zero-order chi connectivity index (χ0) is 14.4. The van der Waals surface area contributed by atoms with Gasteiger partial charge in [0.05, 0.1) is 7.11 Å². The molecular weight excluding hydrogens is 246 g/mol. The molecule has 2 atom stereocenters. The molecule has 0 spiro atoms. The summed E-state index contributed by atoms with van der Waals surface area (Å²) in [4.78, 5) is 0. The number of rotatable bonds is 6. The molecule has 0 bridgehead atoms. The highest BCUT2D eigenvalue weighted by molar-refractivity contribution is 5.29. The van der Waals surface area contributed by atoms with Gasteiger partial charge in [0.25, 0.3) is 0 Å². The van der Waals surface area contributed by atoms with Crippen molar-refractivity contribution in [1.29, 1.82) is 0 Å². The third-order valence-electron chi connectivity index (χ3n) is 3.71. The second-order valence-corrected chi connectivity index (χ2v) is 5.21. The molecule has 0 saturated heterocycles. The number of hydrogen-bond donors (Lipinski definition) is 1. The van der Waals surface area contributed by atoms with Gasteiger partial charge in [0.1, 0.15) is 5.75 Å². The standard InChI is InChI=1S/C18H23NO/c1-14(16-7-5-4-6-8-16)13-19-15(2)17-9-11-18(20-3)12-10-17/h4-12,14-15,19H,13H2,1-3H3. The molecule has 1 N–H and O–H groups in total. The van der Waals surface area contributed by atoms with Gasteiger partial charge in [-0.05, 0) is 36.1 Å². The highest BCUT2D eigenvalue weighted by atomic mass is 16.5. The van der Waals surface area contributed by atoms with Crippen LogP contribution in [0.1, 0.15) is 36.9 Å². The molecule has 0 heterocycles. The smallest absolute Gasteiger partial charge is 0.118 e. The maximum absolute atomic E-state index is 5.18. The first-order valence-electron chi connectivity index (χ1n) is 7.13. The summed E-state index contributed by atoms with van der Waals surface area (Å²) in [5.41, 5.74) is 2.66. The van der Waals surface area contributed by atoms with Crippen LogP contribution in [-0.2, 0) is 0 Å². The van der Waals surface area contributed by atoms with Gasteiger partial charge in [-0.25, -0.2) is 0 Å². The molecular formula is C18H23NO. The fourth-order valence-electron chi connectivity index (χ4n) is 2.26. The van der Waals surface area contributed by atoms with Gasteiger partial charge in [-0.3, -0.25) is 0 Å². The summed E-state index contributed by atoms with van der Waals surface area (Å²) in [5, 5.41) is 3.59. The number of hydrogen-bond acceptors (Lipinski definition) is 2. The van der Waals surface area contributed by atoms with Crippen molar-refractivity contribution in [3.05, 3.63) is 65.7 Å². The number of benzene rings is 2. The Morgan fingerprint density at radius 2 is 1.55 bits per heavy atom. The predicted octanol–water partition coefficient (Wildman–Crippen LogP) is 4.15. The third-order valence-corrected chi connectivity index (χ3v) is 3.71. The van der Waals surface area contributed by atoms with Crippen molar-refractivity contribution in [2.75, 3.05) is 13.7 Å². The van der Waals surface area contributed by atoms with Crippen molar-refractivity contribution in [2.24, 2.45) is 0 Å². The normalized spacial score (nSPS) is 13.8. The van der Waals surface area contributed by atoms with Gasteiger partial charge in [0.2, 0.25) is 0 Å². The molecule has 2 rings (SSSR count). The van der Waals surface area contributed by atoms with Crippen molar-refractivity contribution in [3.8, 4) is 5.75 Å². The lowest BCUT2D eigenvalue weighted by Gasteiger charge is -2.18. The molecule has 0 radical (unpaired) electrons. The number of nitrogens with one attached hydrogen (secondary N) is 1. The summed E-state index contributed by atoms with van der Waals surface area (Å²) in [6.07, 6.45) is 0. The molecule has 2 heteroatoms. The number of ether oxygens (including phenoxy) is 1. The Morgan fingerprint density at radius 3 is 2.15 bits per heavy atom. The molecule has 20 heavy (non-hydrogen) atoms. The Hall–Kier alpha value is -1.80. The fourth-order valence-corrected chi connectivity index (χ4v) is 2.26. The highest BCUT2D eigenvalue weighted by Crippen LogP contribution is 2.19. The molecule has 0 amide bonds. The minimum absolute atomic E-state index is 0.340. The van der Waals surface area contributed by atoms with Crippen LogP contribution >= 0.6 is 0 Å². The van der Waals surface area contributed by atoms with Crippen LogP contribution in [0.4, 0.5) is 0 Å². The minimum atomic E-state index is 0.340. The molecule has 0 aliphatic rings. The van der Waals surface area contributed by atoms with E-state index in [2.05, 4.69) is 61.6 Å². The van der Waals surface area contributed by atoms with Crippen LogP contribution in [0.3, 0.4) is 0 Å². The SMILES string of the molecule is COc1ccc(C(C)NCC(C)c2ccccc2)cc1. The molecule has 2 nitrogen and oxygen atoms in total. The second-order valence-electron chi connectivity index (χ2n) is 5.21. The van der Waals surface area contributed by atoms with E-state index in [9.17, 15) is 0 Å². The highest BCUT2D eigenvalue weighted by Gasteiger charge is 2.09. The quantitative estimate of drug-likeness (QED) is 0.850. The Morgan fingerprint density at radius 1 is 0.900 bits per heavy atom. The van der Waals surface area contributed by atoms with Crippen LogP contribution in [0.25, 0.3) is 0 Å². The lowest BCUT2D eigenvalue weighted by atomic mass is 10.0. The first-order valence-corrected chi connectivity index (χ1v) is 7.13. The Balaban J connectivity index is 1.89. The molecule has 2 aromatic rings. The van der Waals surface area contributed by atoms with Crippen molar-refractivity contribution >= 4 is 0 Å². The van der Waals surface area contributed by atoms with E-state index in [0.29, 0.717) is 12.0 Å². The average molecular weight is 269 g/mol. The van der Waals surface area contributed by atoms with E-state index in [-0.39, 0.29) is 0 Å². The monoisotopic (exact) mass is 269 g/mol. The fraction of sp³-hybridized carbons (Fsp3) is 0.333. The molecule has 0 fully saturated rings. The predicted molar refractivity (Wildman–Crippen MR) is 84.3 cm³/mol. The molecule has 106 valence electrons. The molecule has 0 aliphatic heterocycles. The zero-order valence-electron chi connectivity index (χ0n) is 12.5. The Labute approximate surface area is 121 Å². The lowest BCUT2D eigenvalue weighted by Crippen LogP contribution is -2.23. The largest absolute Gasteiger partial charge is 0.497 e. The minimum Gasteiger partial charge on any atom is -0.497 e.